The van der Waals surface area contributed by atoms with E-state index in [0.717, 1.165) is 0 Å². The highest BCUT2D eigenvalue weighted by atomic mass is 16.5. The van der Waals surface area contributed by atoms with Crippen LogP contribution in [0, 0.1) is 0 Å². The fraction of sp³-hybridized carbons (Fsp3) is 0.188. The number of hydrogen-bond donors (Lipinski definition) is 2. The summed E-state index contributed by atoms with van der Waals surface area (Å²) < 4.78 is 21.4. The Kier molecular flexibility index (Phi) is 10.5. The van der Waals surface area contributed by atoms with Crippen molar-refractivity contribution in [3.8, 4) is 34.5 Å². The molecule has 0 aliphatic heterocycles. The van der Waals surface area contributed by atoms with Gasteiger partial charge in [-0.25, -0.2) is 0 Å². The van der Waals surface area contributed by atoms with Crippen LogP contribution in [0.2, 0.25) is 0 Å². The van der Waals surface area contributed by atoms with Crippen LogP contribution in [0.15, 0.2) is 72.3 Å². The third-order valence-electron chi connectivity index (χ3n) is 5.67. The Bertz CT molecular complexity index is 1370. The van der Waals surface area contributed by atoms with Crippen LogP contribution in [-0.2, 0) is 9.59 Å². The lowest BCUT2D eigenvalue weighted by atomic mass is 10.0. The molecule has 0 spiro atoms. The largest absolute Gasteiger partial charge is 0.504 e. The Morgan fingerprint density at radius 1 is 0.650 bits per heavy atom. The zero-order valence-electron chi connectivity index (χ0n) is 22.8. The van der Waals surface area contributed by atoms with Gasteiger partial charge in [0.05, 0.1) is 33.0 Å². The summed E-state index contributed by atoms with van der Waals surface area (Å²) in [4.78, 5) is 26.6. The molecule has 40 heavy (non-hydrogen) atoms. The first-order valence-electron chi connectivity index (χ1n) is 12.6. The highest BCUT2D eigenvalue weighted by Crippen LogP contribution is 2.30. The molecule has 2 N–H and O–H groups in total. The van der Waals surface area contributed by atoms with E-state index in [1.807, 2.05) is 0 Å². The van der Waals surface area contributed by atoms with E-state index in [-0.39, 0.29) is 28.6 Å². The number of allylic oxidation sites excluding steroid dienone is 3. The highest BCUT2D eigenvalue weighted by molar-refractivity contribution is 6.31. The molecule has 0 fully saturated rings. The molecule has 0 atom stereocenters. The van der Waals surface area contributed by atoms with E-state index in [1.54, 1.807) is 56.3 Å². The lowest BCUT2D eigenvalue weighted by molar-refractivity contribution is -0.116. The quantitative estimate of drug-likeness (QED) is 0.156. The van der Waals surface area contributed by atoms with E-state index in [4.69, 9.17) is 18.9 Å². The van der Waals surface area contributed by atoms with Gasteiger partial charge in [-0.2, -0.15) is 0 Å². The van der Waals surface area contributed by atoms with E-state index in [1.165, 1.54) is 56.7 Å². The molecule has 0 unspecified atom stereocenters. The van der Waals surface area contributed by atoms with E-state index >= 15 is 0 Å². The van der Waals surface area contributed by atoms with Gasteiger partial charge in [0.15, 0.2) is 46.1 Å². The van der Waals surface area contributed by atoms with Crippen LogP contribution in [0.3, 0.4) is 0 Å². The molecular formula is C32H32O8. The second-order valence-corrected chi connectivity index (χ2v) is 8.39. The van der Waals surface area contributed by atoms with Gasteiger partial charge in [0.2, 0.25) is 0 Å². The first kappa shape index (κ1) is 29.6. The summed E-state index contributed by atoms with van der Waals surface area (Å²) in [6, 6.07) is 14.4. The summed E-state index contributed by atoms with van der Waals surface area (Å²) in [7, 11) is 3.01. The van der Waals surface area contributed by atoms with Crippen LogP contribution < -0.4 is 18.9 Å². The molecule has 0 heterocycles. The lowest BCUT2D eigenvalue weighted by Crippen LogP contribution is -2.08. The Labute approximate surface area is 233 Å². The summed E-state index contributed by atoms with van der Waals surface area (Å²) in [5.41, 5.74) is 1.68. The molecule has 8 nitrogen and oxygen atoms in total. The third-order valence-corrected chi connectivity index (χ3v) is 5.67. The fourth-order valence-electron chi connectivity index (χ4n) is 3.71. The molecule has 3 rings (SSSR count). The maximum Gasteiger partial charge on any atom is 0.189 e. The van der Waals surface area contributed by atoms with Gasteiger partial charge < -0.3 is 29.2 Å². The van der Waals surface area contributed by atoms with Gasteiger partial charge in [-0.1, -0.05) is 30.4 Å². The Balaban J connectivity index is 1.97. The lowest BCUT2D eigenvalue weighted by Gasteiger charge is -2.09. The van der Waals surface area contributed by atoms with Crippen LogP contribution in [0.5, 0.6) is 34.5 Å². The van der Waals surface area contributed by atoms with Crippen LogP contribution in [0.4, 0.5) is 0 Å². The molecule has 0 aliphatic rings. The number of methoxy groups -OCH3 is 2. The zero-order valence-corrected chi connectivity index (χ0v) is 22.8. The first-order valence-corrected chi connectivity index (χ1v) is 12.6. The predicted molar refractivity (Wildman–Crippen MR) is 154 cm³/mol. The van der Waals surface area contributed by atoms with E-state index in [0.29, 0.717) is 41.4 Å². The fourth-order valence-corrected chi connectivity index (χ4v) is 3.71. The smallest absolute Gasteiger partial charge is 0.189 e. The van der Waals surface area contributed by atoms with Crippen molar-refractivity contribution in [3.63, 3.8) is 0 Å². The van der Waals surface area contributed by atoms with E-state index in [9.17, 15) is 19.8 Å². The molecule has 0 aromatic heterocycles. The summed E-state index contributed by atoms with van der Waals surface area (Å²) in [5, 5.41) is 19.9. The van der Waals surface area contributed by atoms with Crippen LogP contribution in [0.25, 0.3) is 18.2 Å². The van der Waals surface area contributed by atoms with Gasteiger partial charge in [0.25, 0.3) is 0 Å². The van der Waals surface area contributed by atoms with Gasteiger partial charge in [-0.3, -0.25) is 9.59 Å². The maximum absolute atomic E-state index is 13.3. The van der Waals surface area contributed by atoms with Crippen molar-refractivity contribution >= 4 is 29.8 Å². The second kappa shape index (κ2) is 14.2. The van der Waals surface area contributed by atoms with Crippen molar-refractivity contribution in [1.29, 1.82) is 0 Å². The third kappa shape index (κ3) is 7.77. The monoisotopic (exact) mass is 544 g/mol. The molecule has 8 heteroatoms. The minimum absolute atomic E-state index is 0.0126. The number of phenolic OH excluding ortho intramolecular Hbond substituents is 2. The highest BCUT2D eigenvalue weighted by Gasteiger charge is 2.15. The summed E-state index contributed by atoms with van der Waals surface area (Å²) in [5.74, 6) is 0.445. The average Bonchev–Trinajstić information content (AvgIpc) is 2.96. The molecule has 0 saturated heterocycles. The molecule has 0 saturated carbocycles. The SMILES string of the molecule is CCOc1cc(/C=C/C(=O)C(=Cc2ccc(OC)c(OC)c2)C(=O)/C=C/c2ccc(O)c(OCC)c2)ccc1O. The molecule has 0 radical (unpaired) electrons. The summed E-state index contributed by atoms with van der Waals surface area (Å²) in [6.45, 7) is 4.33. The number of aromatic hydroxyl groups is 2. The van der Waals surface area contributed by atoms with Crippen molar-refractivity contribution in [2.45, 2.75) is 13.8 Å². The predicted octanol–water partition coefficient (Wildman–Crippen LogP) is 5.86. The Morgan fingerprint density at radius 2 is 1.10 bits per heavy atom. The topological polar surface area (TPSA) is 112 Å². The number of ether oxygens (including phenoxy) is 4. The molecule has 3 aromatic carbocycles. The molecular weight excluding hydrogens is 512 g/mol. The molecule has 0 amide bonds. The molecule has 0 aliphatic carbocycles. The van der Waals surface area contributed by atoms with E-state index < -0.39 is 11.6 Å². The first-order chi connectivity index (χ1) is 19.3. The maximum atomic E-state index is 13.3. The number of benzene rings is 3. The molecule has 3 aromatic rings. The summed E-state index contributed by atoms with van der Waals surface area (Å²) in [6.07, 6.45) is 7.13. The van der Waals surface area contributed by atoms with E-state index in [2.05, 4.69) is 0 Å². The second-order valence-electron chi connectivity index (χ2n) is 8.39. The van der Waals surface area contributed by atoms with Gasteiger partial charge >= 0.3 is 0 Å². The number of carbonyl (C=O) groups is 2. The van der Waals surface area contributed by atoms with Gasteiger partial charge in [-0.05, 0) is 85.2 Å². The van der Waals surface area contributed by atoms with Crippen molar-refractivity contribution in [3.05, 3.63) is 89.0 Å². The van der Waals surface area contributed by atoms with Crippen molar-refractivity contribution < 1.29 is 38.7 Å². The van der Waals surface area contributed by atoms with Gasteiger partial charge in [0.1, 0.15) is 0 Å². The molecule has 208 valence electrons. The van der Waals surface area contributed by atoms with Crippen LogP contribution in [0.1, 0.15) is 30.5 Å². The number of carbonyl (C=O) groups excluding carboxylic acids is 2. The molecule has 0 bridgehead atoms. The Hall–Kier alpha value is -4.98. The average molecular weight is 545 g/mol. The number of ketones is 2. The normalized spacial score (nSPS) is 10.9. The van der Waals surface area contributed by atoms with Crippen LogP contribution in [-0.4, -0.2) is 49.2 Å². The standard InChI is InChI=1S/C32H32O8/c1-5-39-30-18-21(9-14-27(30)35)7-12-25(33)24(17-23-11-16-29(37-3)32(20-23)38-4)26(34)13-8-22-10-15-28(36)31(19-22)40-6-2/h7-20,35-36H,5-6H2,1-4H3/b12-7+,13-8+. The number of rotatable bonds is 13. The van der Waals surface area contributed by atoms with Crippen LogP contribution >= 0.6 is 0 Å². The summed E-state index contributed by atoms with van der Waals surface area (Å²) >= 11 is 0. The van der Waals surface area contributed by atoms with Gasteiger partial charge in [-0.15, -0.1) is 0 Å². The van der Waals surface area contributed by atoms with Crippen molar-refractivity contribution in [2.24, 2.45) is 0 Å². The van der Waals surface area contributed by atoms with Crippen molar-refractivity contribution in [1.82, 2.24) is 0 Å². The van der Waals surface area contributed by atoms with Gasteiger partial charge in [0, 0.05) is 0 Å². The number of phenols is 2. The minimum Gasteiger partial charge on any atom is -0.504 e. The number of hydrogen-bond acceptors (Lipinski definition) is 8. The zero-order chi connectivity index (χ0) is 29.1. The van der Waals surface area contributed by atoms with Crippen molar-refractivity contribution in [2.75, 3.05) is 27.4 Å². The minimum atomic E-state index is -0.531. The Morgan fingerprint density at radius 3 is 1.55 bits per heavy atom.